The summed E-state index contributed by atoms with van der Waals surface area (Å²) in [5.74, 6) is 2.24. The molecule has 0 radical (unpaired) electrons. The van der Waals surface area contributed by atoms with Crippen LogP contribution in [0.25, 0.3) is 10.2 Å². The number of rotatable bonds is 4. The highest BCUT2D eigenvalue weighted by molar-refractivity contribution is 7.98. The van der Waals surface area contributed by atoms with Gasteiger partial charge in [0.1, 0.15) is 10.6 Å². The van der Waals surface area contributed by atoms with Gasteiger partial charge in [-0.1, -0.05) is 23.8 Å². The van der Waals surface area contributed by atoms with Crippen molar-refractivity contribution in [3.63, 3.8) is 0 Å². The molecular weight excluding hydrogens is 366 g/mol. The third kappa shape index (κ3) is 2.91. The molecule has 0 aliphatic heterocycles. The van der Waals surface area contributed by atoms with Crippen LogP contribution in [-0.2, 0) is 25.1 Å². The minimum Gasteiger partial charge on any atom is -0.361 e. The Hall–Kier alpha value is -1.60. The zero-order valence-corrected chi connectivity index (χ0v) is 17.2. The molecule has 5 nitrogen and oxygen atoms in total. The number of hydrogen-bond donors (Lipinski definition) is 0. The lowest BCUT2D eigenvalue weighted by Gasteiger charge is -2.17. The normalized spacial score (nSPS) is 17.0. The summed E-state index contributed by atoms with van der Waals surface area (Å²) >= 11 is 3.30. The van der Waals surface area contributed by atoms with Gasteiger partial charge in [-0.15, -0.1) is 11.3 Å². The lowest BCUT2D eigenvalue weighted by molar-refractivity contribution is 0.392. The van der Waals surface area contributed by atoms with Crippen molar-refractivity contribution in [1.29, 1.82) is 0 Å². The van der Waals surface area contributed by atoms with Crippen LogP contribution in [0, 0.1) is 19.8 Å². The van der Waals surface area contributed by atoms with Gasteiger partial charge in [-0.25, -0.2) is 4.98 Å². The highest BCUT2D eigenvalue weighted by Crippen LogP contribution is 2.37. The molecule has 0 bridgehead atoms. The van der Waals surface area contributed by atoms with Gasteiger partial charge in [-0.2, -0.15) is 0 Å². The molecule has 0 fully saturated rings. The fourth-order valence-corrected chi connectivity index (χ4v) is 6.28. The van der Waals surface area contributed by atoms with Crippen LogP contribution in [0.1, 0.15) is 47.7 Å². The van der Waals surface area contributed by atoms with E-state index in [0.29, 0.717) is 18.2 Å². The summed E-state index contributed by atoms with van der Waals surface area (Å²) in [5, 5.41) is 5.66. The molecule has 0 amide bonds. The van der Waals surface area contributed by atoms with Gasteiger partial charge in [0.25, 0.3) is 5.56 Å². The first-order chi connectivity index (χ1) is 12.5. The molecule has 4 rings (SSSR count). The maximum absolute atomic E-state index is 13.2. The Morgan fingerprint density at radius 2 is 2.19 bits per heavy atom. The number of fused-ring (bicyclic) bond motifs is 3. The fourth-order valence-electron chi connectivity index (χ4n) is 3.64. The number of hydrogen-bond acceptors (Lipinski definition) is 6. The number of thioether (sulfide) groups is 1. The SMILES string of the molecule is CCn1c(SCc2c(C)noc2C)nc2sc3c(c2c1=O)CCC(C)C3. The van der Waals surface area contributed by atoms with Crippen LogP contribution in [0.2, 0.25) is 0 Å². The summed E-state index contributed by atoms with van der Waals surface area (Å²) in [6.45, 7) is 8.80. The highest BCUT2D eigenvalue weighted by atomic mass is 32.2. The first-order valence-electron chi connectivity index (χ1n) is 9.09. The summed E-state index contributed by atoms with van der Waals surface area (Å²) < 4.78 is 7.06. The molecule has 26 heavy (non-hydrogen) atoms. The van der Waals surface area contributed by atoms with Crippen LogP contribution in [0.15, 0.2) is 14.5 Å². The maximum Gasteiger partial charge on any atom is 0.263 e. The molecule has 1 unspecified atom stereocenters. The second-order valence-corrected chi connectivity index (χ2v) is 9.09. The zero-order valence-electron chi connectivity index (χ0n) is 15.6. The van der Waals surface area contributed by atoms with E-state index in [1.54, 1.807) is 23.1 Å². The average Bonchev–Trinajstić information content (AvgIpc) is 3.12. The molecule has 0 saturated carbocycles. The summed E-state index contributed by atoms with van der Waals surface area (Å²) in [6, 6.07) is 0. The van der Waals surface area contributed by atoms with Crippen LogP contribution in [-0.4, -0.2) is 14.7 Å². The second kappa shape index (κ2) is 6.85. The second-order valence-electron chi connectivity index (χ2n) is 7.07. The van der Waals surface area contributed by atoms with E-state index in [9.17, 15) is 4.79 Å². The van der Waals surface area contributed by atoms with E-state index in [0.717, 1.165) is 51.7 Å². The fraction of sp³-hybridized carbons (Fsp3) is 0.526. The van der Waals surface area contributed by atoms with Crippen molar-refractivity contribution in [3.8, 4) is 0 Å². The van der Waals surface area contributed by atoms with E-state index in [1.165, 1.54) is 10.4 Å². The van der Waals surface area contributed by atoms with E-state index in [4.69, 9.17) is 9.51 Å². The van der Waals surface area contributed by atoms with E-state index >= 15 is 0 Å². The Morgan fingerprint density at radius 1 is 1.38 bits per heavy atom. The summed E-state index contributed by atoms with van der Waals surface area (Å²) in [4.78, 5) is 20.3. The molecule has 0 spiro atoms. The zero-order chi connectivity index (χ0) is 18.4. The number of aryl methyl sites for hydroxylation is 3. The van der Waals surface area contributed by atoms with Gasteiger partial charge in [0.2, 0.25) is 0 Å². The minimum absolute atomic E-state index is 0.116. The lowest BCUT2D eigenvalue weighted by Crippen LogP contribution is -2.23. The van der Waals surface area contributed by atoms with E-state index in [-0.39, 0.29) is 5.56 Å². The van der Waals surface area contributed by atoms with Crippen molar-refractivity contribution in [3.05, 3.63) is 37.8 Å². The Balaban J connectivity index is 1.77. The van der Waals surface area contributed by atoms with Gasteiger partial charge in [-0.05, 0) is 51.5 Å². The Bertz CT molecular complexity index is 1010. The van der Waals surface area contributed by atoms with E-state index in [2.05, 4.69) is 12.1 Å². The van der Waals surface area contributed by atoms with Gasteiger partial charge in [0.05, 0.1) is 11.1 Å². The topological polar surface area (TPSA) is 60.9 Å². The Kier molecular flexibility index (Phi) is 4.69. The Morgan fingerprint density at radius 3 is 2.88 bits per heavy atom. The molecule has 3 aromatic heterocycles. The van der Waals surface area contributed by atoms with Gasteiger partial charge >= 0.3 is 0 Å². The third-order valence-electron chi connectivity index (χ3n) is 5.22. The van der Waals surface area contributed by atoms with Gasteiger partial charge in [0.15, 0.2) is 5.16 Å². The van der Waals surface area contributed by atoms with Crippen molar-refractivity contribution in [1.82, 2.24) is 14.7 Å². The predicted molar refractivity (Wildman–Crippen MR) is 106 cm³/mol. The molecule has 1 atom stereocenters. The van der Waals surface area contributed by atoms with Gasteiger partial charge in [-0.3, -0.25) is 9.36 Å². The third-order valence-corrected chi connectivity index (χ3v) is 7.37. The first kappa shape index (κ1) is 17.8. The van der Waals surface area contributed by atoms with Gasteiger partial charge < -0.3 is 4.52 Å². The number of nitrogens with zero attached hydrogens (tertiary/aromatic N) is 3. The van der Waals surface area contributed by atoms with Gasteiger partial charge in [0, 0.05) is 22.7 Å². The largest absolute Gasteiger partial charge is 0.361 e. The summed E-state index contributed by atoms with van der Waals surface area (Å²) in [6.07, 6.45) is 3.24. The average molecular weight is 390 g/mol. The summed E-state index contributed by atoms with van der Waals surface area (Å²) in [7, 11) is 0. The van der Waals surface area contributed by atoms with Crippen LogP contribution >= 0.6 is 23.1 Å². The predicted octanol–water partition coefficient (Wildman–Crippen LogP) is 4.50. The molecule has 138 valence electrons. The van der Waals surface area contributed by atoms with E-state index in [1.807, 2.05) is 25.3 Å². The molecule has 0 N–H and O–H groups in total. The standard InChI is InChI=1S/C19H23N3O2S2/c1-5-22-18(23)16-13-7-6-10(2)8-15(13)26-17(16)20-19(22)25-9-14-11(3)21-24-12(14)4/h10H,5-9H2,1-4H3. The molecule has 1 aliphatic carbocycles. The Labute approximate surface area is 160 Å². The number of thiophene rings is 1. The highest BCUT2D eigenvalue weighted by Gasteiger charge is 2.24. The van der Waals surface area contributed by atoms with Crippen molar-refractivity contribution in [2.45, 2.75) is 64.4 Å². The summed E-state index contributed by atoms with van der Waals surface area (Å²) in [5.41, 5.74) is 3.37. The van der Waals surface area contributed by atoms with Crippen molar-refractivity contribution >= 4 is 33.3 Å². The minimum atomic E-state index is 0.116. The molecule has 3 aromatic rings. The van der Waals surface area contributed by atoms with Crippen LogP contribution in [0.3, 0.4) is 0 Å². The first-order valence-corrected chi connectivity index (χ1v) is 10.9. The molecule has 0 saturated heterocycles. The van der Waals surface area contributed by atoms with E-state index < -0.39 is 0 Å². The number of aromatic nitrogens is 3. The van der Waals surface area contributed by atoms with Crippen LogP contribution in [0.4, 0.5) is 0 Å². The quantitative estimate of drug-likeness (QED) is 0.486. The molecule has 3 heterocycles. The molecule has 1 aliphatic rings. The lowest BCUT2D eigenvalue weighted by atomic mass is 9.89. The molecule has 7 heteroatoms. The van der Waals surface area contributed by atoms with Crippen LogP contribution in [0.5, 0.6) is 0 Å². The molecule has 0 aromatic carbocycles. The van der Waals surface area contributed by atoms with Crippen molar-refractivity contribution < 1.29 is 4.52 Å². The monoisotopic (exact) mass is 389 g/mol. The molecular formula is C19H23N3O2S2. The van der Waals surface area contributed by atoms with Crippen molar-refractivity contribution in [2.75, 3.05) is 0 Å². The van der Waals surface area contributed by atoms with Crippen molar-refractivity contribution in [2.24, 2.45) is 5.92 Å². The van der Waals surface area contributed by atoms with Crippen LogP contribution < -0.4 is 5.56 Å². The smallest absolute Gasteiger partial charge is 0.263 e. The maximum atomic E-state index is 13.2.